The van der Waals surface area contributed by atoms with Crippen molar-refractivity contribution in [3.8, 4) is 0 Å². The summed E-state index contributed by atoms with van der Waals surface area (Å²) in [7, 11) is 3.02. The topological polar surface area (TPSA) is 20.3 Å². The van der Waals surface area contributed by atoms with Crippen LogP contribution in [0.3, 0.4) is 0 Å². The van der Waals surface area contributed by atoms with Crippen LogP contribution in [0.2, 0.25) is 0 Å². The first kappa shape index (κ1) is 12.3. The molecule has 0 aromatic rings. The predicted octanol–water partition coefficient (Wildman–Crippen LogP) is 1.80. The van der Waals surface area contributed by atoms with Gasteiger partial charge in [-0.1, -0.05) is 0 Å². The molecule has 6 heteroatoms. The van der Waals surface area contributed by atoms with E-state index >= 15 is 0 Å². The molecule has 0 aromatic carbocycles. The van der Waals surface area contributed by atoms with Crippen LogP contribution >= 0.6 is 11.6 Å². The van der Waals surface area contributed by atoms with Crippen molar-refractivity contribution in [1.82, 2.24) is 4.90 Å². The number of rotatable bonds is 3. The first-order valence-electron chi connectivity index (χ1n) is 3.34. The van der Waals surface area contributed by atoms with E-state index < -0.39 is 12.0 Å². The van der Waals surface area contributed by atoms with E-state index in [2.05, 4.69) is 0 Å². The van der Waals surface area contributed by atoms with Gasteiger partial charge in [0.15, 0.2) is 0 Å². The normalized spacial score (nSPS) is 12.9. The van der Waals surface area contributed by atoms with Crippen molar-refractivity contribution in [2.45, 2.75) is 6.18 Å². The highest BCUT2D eigenvalue weighted by Gasteiger charge is 2.36. The van der Waals surface area contributed by atoms with Gasteiger partial charge in [0, 0.05) is 25.9 Å². The van der Waals surface area contributed by atoms with Crippen LogP contribution in [0.4, 0.5) is 13.2 Å². The Morgan fingerprint density at radius 3 is 2.15 bits per heavy atom. The second-order valence-electron chi connectivity index (χ2n) is 2.53. The third-order valence-electron chi connectivity index (χ3n) is 1.29. The summed E-state index contributed by atoms with van der Waals surface area (Å²) in [5.74, 6) is -2.02. The number of carbonyl (C=O) groups is 1. The average Bonchev–Trinajstić information content (AvgIpc) is 1.96. The van der Waals surface area contributed by atoms with Gasteiger partial charge in [0.2, 0.25) is 0 Å². The van der Waals surface area contributed by atoms with Crippen molar-refractivity contribution < 1.29 is 18.0 Å². The van der Waals surface area contributed by atoms with Crippen LogP contribution in [-0.2, 0) is 4.79 Å². The van der Waals surface area contributed by atoms with Crippen molar-refractivity contribution in [3.05, 3.63) is 11.8 Å². The molecule has 13 heavy (non-hydrogen) atoms. The molecule has 76 valence electrons. The SMILES string of the molecule is CN(C)C(=CC(=O)C(F)(F)F)CCl. The minimum Gasteiger partial charge on any atom is -0.380 e. The Labute approximate surface area is 79.0 Å². The maximum Gasteiger partial charge on any atom is 0.454 e. The molecule has 0 unspecified atom stereocenters. The number of ketones is 1. The van der Waals surface area contributed by atoms with Crippen molar-refractivity contribution >= 4 is 17.4 Å². The summed E-state index contributed by atoms with van der Waals surface area (Å²) in [4.78, 5) is 11.8. The second-order valence-corrected chi connectivity index (χ2v) is 2.79. The molecule has 0 saturated heterocycles. The molecule has 0 heterocycles. The summed E-state index contributed by atoms with van der Waals surface area (Å²) in [5, 5.41) is 0. The molecule has 0 amide bonds. The number of allylic oxidation sites excluding steroid dienone is 2. The Bertz CT molecular complexity index is 222. The Hall–Kier alpha value is -0.710. The van der Waals surface area contributed by atoms with Gasteiger partial charge >= 0.3 is 6.18 Å². The summed E-state index contributed by atoms with van der Waals surface area (Å²) >= 11 is 5.33. The molecule has 0 fully saturated rings. The van der Waals surface area contributed by atoms with E-state index in [4.69, 9.17) is 11.6 Å². The van der Waals surface area contributed by atoms with Crippen LogP contribution in [0, 0.1) is 0 Å². The minimum absolute atomic E-state index is 0.129. The zero-order valence-electron chi connectivity index (χ0n) is 7.15. The summed E-state index contributed by atoms with van der Waals surface area (Å²) in [6.07, 6.45) is -4.33. The molecule has 2 nitrogen and oxygen atoms in total. The Balaban J connectivity index is 4.62. The van der Waals surface area contributed by atoms with Crippen molar-refractivity contribution in [1.29, 1.82) is 0 Å². The highest BCUT2D eigenvalue weighted by Crippen LogP contribution is 2.18. The quantitative estimate of drug-likeness (QED) is 0.529. The predicted molar refractivity (Wildman–Crippen MR) is 43.6 cm³/mol. The largest absolute Gasteiger partial charge is 0.454 e. The van der Waals surface area contributed by atoms with E-state index in [1.54, 1.807) is 0 Å². The fourth-order valence-corrected chi connectivity index (χ4v) is 0.837. The Morgan fingerprint density at radius 1 is 1.46 bits per heavy atom. The van der Waals surface area contributed by atoms with Crippen LogP contribution in [0.5, 0.6) is 0 Å². The van der Waals surface area contributed by atoms with Crippen LogP contribution in [0.25, 0.3) is 0 Å². The van der Waals surface area contributed by atoms with E-state index in [1.807, 2.05) is 0 Å². The monoisotopic (exact) mass is 215 g/mol. The van der Waals surface area contributed by atoms with Crippen molar-refractivity contribution in [2.75, 3.05) is 20.0 Å². The lowest BCUT2D eigenvalue weighted by atomic mass is 10.3. The lowest BCUT2D eigenvalue weighted by molar-refractivity contribution is -0.165. The van der Waals surface area contributed by atoms with Gasteiger partial charge in [-0.25, -0.2) is 0 Å². The van der Waals surface area contributed by atoms with Crippen LogP contribution in [-0.4, -0.2) is 36.8 Å². The van der Waals surface area contributed by atoms with Gasteiger partial charge in [-0.05, 0) is 0 Å². The number of nitrogens with zero attached hydrogens (tertiary/aromatic N) is 1. The van der Waals surface area contributed by atoms with Gasteiger partial charge in [0.1, 0.15) is 0 Å². The summed E-state index contributed by atoms with van der Waals surface area (Å²) < 4.78 is 35.3. The summed E-state index contributed by atoms with van der Waals surface area (Å²) in [5.41, 5.74) is 0.129. The average molecular weight is 216 g/mol. The number of halogens is 4. The maximum atomic E-state index is 11.8. The van der Waals surface area contributed by atoms with Gasteiger partial charge < -0.3 is 4.90 Å². The van der Waals surface area contributed by atoms with Gasteiger partial charge in [0.25, 0.3) is 5.78 Å². The van der Waals surface area contributed by atoms with Gasteiger partial charge in [0.05, 0.1) is 5.88 Å². The lowest BCUT2D eigenvalue weighted by Crippen LogP contribution is -2.23. The molecule has 0 bridgehead atoms. The molecule has 0 N–H and O–H groups in total. The number of carbonyl (C=O) groups excluding carboxylic acids is 1. The van der Waals surface area contributed by atoms with Crippen molar-refractivity contribution in [3.63, 3.8) is 0 Å². The third-order valence-corrected chi connectivity index (χ3v) is 1.56. The van der Waals surface area contributed by atoms with E-state index in [0.717, 1.165) is 0 Å². The number of alkyl halides is 4. The van der Waals surface area contributed by atoms with E-state index in [0.29, 0.717) is 6.08 Å². The first-order chi connectivity index (χ1) is 5.79. The number of hydrogen-bond acceptors (Lipinski definition) is 2. The molecule has 0 rings (SSSR count). The second kappa shape index (κ2) is 4.50. The summed E-state index contributed by atoms with van der Waals surface area (Å²) in [6, 6.07) is 0. The van der Waals surface area contributed by atoms with E-state index in [1.165, 1.54) is 19.0 Å². The number of hydrogen-bond donors (Lipinski definition) is 0. The van der Waals surface area contributed by atoms with Gasteiger partial charge in [-0.3, -0.25) is 4.79 Å². The van der Waals surface area contributed by atoms with Crippen LogP contribution < -0.4 is 0 Å². The van der Waals surface area contributed by atoms with E-state index in [-0.39, 0.29) is 11.6 Å². The molecular weight excluding hydrogens is 207 g/mol. The smallest absolute Gasteiger partial charge is 0.380 e. The fraction of sp³-hybridized carbons (Fsp3) is 0.571. The molecule has 0 aromatic heterocycles. The first-order valence-corrected chi connectivity index (χ1v) is 3.87. The molecule has 0 radical (unpaired) electrons. The molecule has 0 aliphatic heterocycles. The molecular formula is C7H9ClF3NO. The molecule has 0 saturated carbocycles. The third kappa shape index (κ3) is 4.17. The Morgan fingerprint density at radius 2 is 1.92 bits per heavy atom. The van der Waals surface area contributed by atoms with Gasteiger partial charge in [-0.15, -0.1) is 11.6 Å². The summed E-state index contributed by atoms with van der Waals surface area (Å²) in [6.45, 7) is 0. The molecule has 0 aliphatic carbocycles. The van der Waals surface area contributed by atoms with E-state index in [9.17, 15) is 18.0 Å². The standard InChI is InChI=1S/C7H9ClF3NO/c1-12(2)5(4-8)3-6(13)7(9,10)11/h3H,4H2,1-2H3. The van der Waals surface area contributed by atoms with Crippen LogP contribution in [0.1, 0.15) is 0 Å². The molecule has 0 aliphatic rings. The maximum absolute atomic E-state index is 11.8. The molecule has 0 spiro atoms. The van der Waals surface area contributed by atoms with Crippen molar-refractivity contribution in [2.24, 2.45) is 0 Å². The zero-order valence-corrected chi connectivity index (χ0v) is 7.91. The van der Waals surface area contributed by atoms with Gasteiger partial charge in [-0.2, -0.15) is 13.2 Å². The molecule has 0 atom stereocenters. The highest BCUT2D eigenvalue weighted by molar-refractivity contribution is 6.19. The van der Waals surface area contributed by atoms with Crippen LogP contribution in [0.15, 0.2) is 11.8 Å². The zero-order chi connectivity index (χ0) is 10.6. The fourth-order valence-electron chi connectivity index (χ4n) is 0.520. The Kier molecular flexibility index (Phi) is 4.26. The minimum atomic E-state index is -4.83. The highest BCUT2D eigenvalue weighted by atomic mass is 35.5. The lowest BCUT2D eigenvalue weighted by Gasteiger charge is -2.14.